The van der Waals surface area contributed by atoms with E-state index in [0.29, 0.717) is 19.3 Å². The Bertz CT molecular complexity index is 889. The smallest absolute Gasteiger partial charge is 0.305 e. The van der Waals surface area contributed by atoms with Gasteiger partial charge in [0, 0.05) is 12.8 Å². The van der Waals surface area contributed by atoms with Crippen LogP contribution in [-0.2, 0) is 19.1 Å². The van der Waals surface area contributed by atoms with E-state index in [0.717, 1.165) is 70.1 Å². The van der Waals surface area contributed by atoms with Crippen molar-refractivity contribution < 1.29 is 29.3 Å². The standard InChI is InChI=1S/C45H80O6/c1-4-42(46)36-32-28-24-20-16-12-9-10-14-18-22-26-30-34-38-45(49)51-40-43(47)39-50-44(48)37-33-29-25-21-17-13-8-6-5-7-11-15-19-23-27-31-35-41(2)3/h10,12,14,16,22,24,26,28,41-43,46-47H,4-9,11,13,15,17-21,23,25,27,29-40H2,1-3H3/b14-10-,16-12-,26-22-,28-24-/t42-,43+/m0/s1. The quantitative estimate of drug-likeness (QED) is 0.0378. The van der Waals surface area contributed by atoms with Crippen molar-refractivity contribution in [2.24, 2.45) is 5.92 Å². The number of carbonyl (C=O) groups excluding carboxylic acids is 2. The Labute approximate surface area is 314 Å². The summed E-state index contributed by atoms with van der Waals surface area (Å²) in [5.74, 6) is 0.211. The van der Waals surface area contributed by atoms with Crippen LogP contribution in [0.1, 0.15) is 194 Å². The average molecular weight is 717 g/mol. The second-order valence-electron chi connectivity index (χ2n) is 14.7. The van der Waals surface area contributed by atoms with Crippen LogP contribution in [0.15, 0.2) is 48.6 Å². The molecule has 0 unspecified atom stereocenters. The van der Waals surface area contributed by atoms with Crippen LogP contribution in [-0.4, -0.2) is 47.6 Å². The minimum atomic E-state index is -0.995. The van der Waals surface area contributed by atoms with E-state index in [9.17, 15) is 19.8 Å². The van der Waals surface area contributed by atoms with Crippen molar-refractivity contribution in [1.29, 1.82) is 0 Å². The minimum absolute atomic E-state index is 0.140. The molecule has 0 aromatic heterocycles. The molecular formula is C45H80O6. The average Bonchev–Trinajstić information content (AvgIpc) is 3.12. The van der Waals surface area contributed by atoms with Crippen LogP contribution in [0.2, 0.25) is 0 Å². The zero-order valence-electron chi connectivity index (χ0n) is 33.4. The van der Waals surface area contributed by atoms with E-state index in [1.165, 1.54) is 89.9 Å². The molecule has 0 fully saturated rings. The summed E-state index contributed by atoms with van der Waals surface area (Å²) in [4.78, 5) is 24.0. The number of hydrogen-bond acceptors (Lipinski definition) is 6. The lowest BCUT2D eigenvalue weighted by atomic mass is 10.0. The molecule has 0 amide bonds. The van der Waals surface area contributed by atoms with Gasteiger partial charge in [0.25, 0.3) is 0 Å². The summed E-state index contributed by atoms with van der Waals surface area (Å²) in [6, 6.07) is 0. The molecule has 0 aromatic rings. The molecule has 51 heavy (non-hydrogen) atoms. The molecule has 0 aliphatic carbocycles. The van der Waals surface area contributed by atoms with Gasteiger partial charge in [-0.05, 0) is 63.7 Å². The number of ether oxygens (including phenoxy) is 2. The molecule has 0 aliphatic rings. The van der Waals surface area contributed by atoms with Crippen LogP contribution in [0.4, 0.5) is 0 Å². The van der Waals surface area contributed by atoms with Gasteiger partial charge in [0.2, 0.25) is 0 Å². The SMILES string of the molecule is CC[C@H](O)CC/C=C\C/C=C\C/C=C\C/C=C\CCCC(=O)OC[C@H](O)COC(=O)CCCCCCCCCCCCCCCCCCC(C)C. The molecule has 0 aliphatic heterocycles. The lowest BCUT2D eigenvalue weighted by Crippen LogP contribution is -2.25. The molecule has 0 rings (SSSR count). The third kappa shape index (κ3) is 40.4. The summed E-state index contributed by atoms with van der Waals surface area (Å²) in [6.07, 6.45) is 45.5. The van der Waals surface area contributed by atoms with Gasteiger partial charge in [0.05, 0.1) is 6.10 Å². The van der Waals surface area contributed by atoms with Crippen LogP contribution >= 0.6 is 0 Å². The Morgan fingerprint density at radius 3 is 1.27 bits per heavy atom. The lowest BCUT2D eigenvalue weighted by molar-refractivity contribution is -0.152. The van der Waals surface area contributed by atoms with Crippen molar-refractivity contribution in [2.75, 3.05) is 13.2 Å². The summed E-state index contributed by atoms with van der Waals surface area (Å²) in [7, 11) is 0. The normalized spacial score (nSPS) is 13.4. The second kappa shape index (κ2) is 39.0. The van der Waals surface area contributed by atoms with Gasteiger partial charge in [-0.25, -0.2) is 0 Å². The highest BCUT2D eigenvalue weighted by Crippen LogP contribution is 2.15. The summed E-state index contributed by atoms with van der Waals surface area (Å²) >= 11 is 0. The van der Waals surface area contributed by atoms with Crippen molar-refractivity contribution in [3.8, 4) is 0 Å². The molecule has 0 bridgehead atoms. The zero-order valence-corrected chi connectivity index (χ0v) is 33.4. The number of aliphatic hydroxyl groups is 2. The van der Waals surface area contributed by atoms with Crippen LogP contribution in [0.25, 0.3) is 0 Å². The number of esters is 2. The summed E-state index contributed by atoms with van der Waals surface area (Å²) in [6.45, 7) is 6.34. The van der Waals surface area contributed by atoms with E-state index in [-0.39, 0.29) is 31.3 Å². The van der Waals surface area contributed by atoms with Gasteiger partial charge in [-0.1, -0.05) is 172 Å². The highest BCUT2D eigenvalue weighted by atomic mass is 16.6. The van der Waals surface area contributed by atoms with Gasteiger partial charge >= 0.3 is 11.9 Å². The number of carbonyl (C=O) groups is 2. The number of allylic oxidation sites excluding steroid dienone is 8. The first-order valence-electron chi connectivity index (χ1n) is 21.1. The highest BCUT2D eigenvalue weighted by molar-refractivity contribution is 5.69. The van der Waals surface area contributed by atoms with Gasteiger partial charge in [-0.15, -0.1) is 0 Å². The van der Waals surface area contributed by atoms with E-state index in [1.807, 2.05) is 6.92 Å². The van der Waals surface area contributed by atoms with Gasteiger partial charge in [0.15, 0.2) is 0 Å². The molecule has 0 saturated carbocycles. The summed E-state index contributed by atoms with van der Waals surface area (Å²) in [5, 5.41) is 19.5. The van der Waals surface area contributed by atoms with E-state index in [2.05, 4.69) is 62.5 Å². The first-order valence-corrected chi connectivity index (χ1v) is 21.1. The van der Waals surface area contributed by atoms with E-state index in [4.69, 9.17) is 9.47 Å². The molecule has 0 saturated heterocycles. The third-order valence-electron chi connectivity index (χ3n) is 9.16. The zero-order chi connectivity index (χ0) is 37.5. The molecule has 6 heteroatoms. The minimum Gasteiger partial charge on any atom is -0.463 e. The van der Waals surface area contributed by atoms with E-state index < -0.39 is 6.10 Å². The van der Waals surface area contributed by atoms with Crippen molar-refractivity contribution in [3.63, 3.8) is 0 Å². The Morgan fingerprint density at radius 1 is 0.471 bits per heavy atom. The van der Waals surface area contributed by atoms with Crippen molar-refractivity contribution in [3.05, 3.63) is 48.6 Å². The van der Waals surface area contributed by atoms with Gasteiger partial charge < -0.3 is 19.7 Å². The molecule has 0 heterocycles. The summed E-state index contributed by atoms with van der Waals surface area (Å²) in [5.41, 5.74) is 0. The Kier molecular flexibility index (Phi) is 37.4. The molecule has 0 spiro atoms. The largest absolute Gasteiger partial charge is 0.463 e. The first-order chi connectivity index (χ1) is 24.8. The van der Waals surface area contributed by atoms with Gasteiger partial charge in [0.1, 0.15) is 19.3 Å². The Balaban J connectivity index is 3.51. The fourth-order valence-corrected chi connectivity index (χ4v) is 5.77. The topological polar surface area (TPSA) is 93.1 Å². The molecule has 6 nitrogen and oxygen atoms in total. The monoisotopic (exact) mass is 717 g/mol. The third-order valence-corrected chi connectivity index (χ3v) is 9.16. The number of hydrogen-bond donors (Lipinski definition) is 2. The Hall–Kier alpha value is -2.18. The Morgan fingerprint density at radius 2 is 0.843 bits per heavy atom. The maximum atomic E-state index is 12.0. The predicted molar refractivity (Wildman–Crippen MR) is 216 cm³/mol. The number of aliphatic hydroxyl groups excluding tert-OH is 2. The maximum Gasteiger partial charge on any atom is 0.305 e. The maximum absolute atomic E-state index is 12.0. The predicted octanol–water partition coefficient (Wildman–Crippen LogP) is 12.2. The highest BCUT2D eigenvalue weighted by Gasteiger charge is 2.12. The van der Waals surface area contributed by atoms with Gasteiger partial charge in [-0.3, -0.25) is 9.59 Å². The summed E-state index contributed by atoms with van der Waals surface area (Å²) < 4.78 is 10.3. The van der Waals surface area contributed by atoms with Gasteiger partial charge in [-0.2, -0.15) is 0 Å². The second-order valence-corrected chi connectivity index (χ2v) is 14.7. The van der Waals surface area contributed by atoms with Crippen LogP contribution in [0, 0.1) is 5.92 Å². The number of rotatable bonds is 37. The fraction of sp³-hybridized carbons (Fsp3) is 0.778. The molecule has 0 radical (unpaired) electrons. The van der Waals surface area contributed by atoms with Crippen LogP contribution < -0.4 is 0 Å². The van der Waals surface area contributed by atoms with Crippen LogP contribution in [0.5, 0.6) is 0 Å². The molecule has 2 atom stereocenters. The van der Waals surface area contributed by atoms with Crippen LogP contribution in [0.3, 0.4) is 0 Å². The molecule has 2 N–H and O–H groups in total. The molecule has 0 aromatic carbocycles. The van der Waals surface area contributed by atoms with E-state index in [1.54, 1.807) is 0 Å². The van der Waals surface area contributed by atoms with E-state index >= 15 is 0 Å². The van der Waals surface area contributed by atoms with Crippen molar-refractivity contribution in [1.82, 2.24) is 0 Å². The molecular weight excluding hydrogens is 636 g/mol. The van der Waals surface area contributed by atoms with Crippen molar-refractivity contribution >= 4 is 11.9 Å². The first kappa shape index (κ1) is 48.8. The fourth-order valence-electron chi connectivity index (χ4n) is 5.77. The number of unbranched alkanes of at least 4 members (excludes halogenated alkanes) is 16. The van der Waals surface area contributed by atoms with Crippen molar-refractivity contribution in [2.45, 2.75) is 206 Å². The lowest BCUT2D eigenvalue weighted by Gasteiger charge is -2.12. The molecule has 296 valence electrons.